The number of carbonyl (C=O) groups is 2. The lowest BCUT2D eigenvalue weighted by Crippen LogP contribution is -2.27. The van der Waals surface area contributed by atoms with Crippen LogP contribution in [-0.4, -0.2) is 24.9 Å². The first kappa shape index (κ1) is 17.5. The molecule has 0 saturated carbocycles. The van der Waals surface area contributed by atoms with Crippen molar-refractivity contribution in [1.82, 2.24) is 5.32 Å². The molecule has 1 N–H and O–H groups in total. The molecule has 0 aliphatic carbocycles. The fraction of sp³-hybridized carbons (Fsp3) is 0.300. The second-order valence-corrected chi connectivity index (χ2v) is 6.65. The quantitative estimate of drug-likeness (QED) is 0.887. The Labute approximate surface area is 152 Å². The Hall–Kier alpha value is -2.33. The maximum absolute atomic E-state index is 12.4. The zero-order valence-corrected chi connectivity index (χ0v) is 15.0. The molecule has 0 spiro atoms. The van der Waals surface area contributed by atoms with Crippen molar-refractivity contribution in [3.8, 4) is 0 Å². The zero-order valence-electron chi connectivity index (χ0n) is 14.2. The summed E-state index contributed by atoms with van der Waals surface area (Å²) in [5.41, 5.74) is 3.58. The van der Waals surface area contributed by atoms with Gasteiger partial charge in [0.25, 0.3) is 5.91 Å². The van der Waals surface area contributed by atoms with E-state index in [4.69, 9.17) is 11.6 Å². The van der Waals surface area contributed by atoms with Crippen LogP contribution in [0.2, 0.25) is 5.02 Å². The number of anilines is 1. The number of aryl methyl sites for hydroxylation is 1. The number of hydrogen-bond donors (Lipinski definition) is 1. The van der Waals surface area contributed by atoms with Crippen LogP contribution in [0.15, 0.2) is 42.5 Å². The monoisotopic (exact) mass is 356 g/mol. The summed E-state index contributed by atoms with van der Waals surface area (Å²) in [6.07, 6.45) is 2.13. The van der Waals surface area contributed by atoms with Gasteiger partial charge in [0.05, 0.1) is 10.7 Å². The van der Waals surface area contributed by atoms with Crippen LogP contribution in [0, 0.1) is 6.92 Å². The van der Waals surface area contributed by atoms with Gasteiger partial charge in [0, 0.05) is 25.1 Å². The Balaban J connectivity index is 1.66. The van der Waals surface area contributed by atoms with Gasteiger partial charge in [-0.3, -0.25) is 9.59 Å². The lowest BCUT2D eigenvalue weighted by Gasteiger charge is -2.18. The van der Waals surface area contributed by atoms with Crippen molar-refractivity contribution in [3.63, 3.8) is 0 Å². The molecule has 2 aromatic carbocycles. The topological polar surface area (TPSA) is 49.4 Å². The van der Waals surface area contributed by atoms with Gasteiger partial charge in [0.1, 0.15) is 0 Å². The minimum absolute atomic E-state index is 0.0546. The van der Waals surface area contributed by atoms with E-state index in [1.54, 1.807) is 23.1 Å². The van der Waals surface area contributed by atoms with Crippen LogP contribution in [0.3, 0.4) is 0 Å². The molecule has 0 radical (unpaired) electrons. The number of nitrogens with zero attached hydrogens (tertiary/aromatic N) is 1. The van der Waals surface area contributed by atoms with Crippen LogP contribution < -0.4 is 10.2 Å². The van der Waals surface area contributed by atoms with Gasteiger partial charge in [-0.25, -0.2) is 0 Å². The normalized spacial score (nSPS) is 14.0. The van der Waals surface area contributed by atoms with Crippen LogP contribution >= 0.6 is 11.6 Å². The third kappa shape index (κ3) is 4.02. The van der Waals surface area contributed by atoms with Crippen molar-refractivity contribution >= 4 is 29.1 Å². The van der Waals surface area contributed by atoms with Gasteiger partial charge in [0.2, 0.25) is 5.91 Å². The molecule has 0 atom stereocenters. The van der Waals surface area contributed by atoms with Gasteiger partial charge in [-0.15, -0.1) is 0 Å². The predicted octanol–water partition coefficient (Wildman–Crippen LogP) is 3.75. The molecule has 1 aliphatic rings. The molecule has 1 fully saturated rings. The minimum atomic E-state index is -0.154. The smallest absolute Gasteiger partial charge is 0.251 e. The molecule has 0 bridgehead atoms. The SMILES string of the molecule is Cc1ccccc1CCNC(=O)c1ccc(Cl)c(N2CCCC2=O)c1. The molecule has 130 valence electrons. The Bertz CT molecular complexity index is 804. The van der Waals surface area contributed by atoms with Crippen molar-refractivity contribution in [3.05, 3.63) is 64.2 Å². The lowest BCUT2D eigenvalue weighted by atomic mass is 10.1. The maximum Gasteiger partial charge on any atom is 0.251 e. The van der Waals surface area contributed by atoms with Crippen molar-refractivity contribution in [2.75, 3.05) is 18.0 Å². The first-order chi connectivity index (χ1) is 12.1. The summed E-state index contributed by atoms with van der Waals surface area (Å²) < 4.78 is 0. The molecule has 1 aliphatic heterocycles. The standard InChI is InChI=1S/C20H21ClN2O2/c1-14-5-2-3-6-15(14)10-11-22-20(25)16-8-9-17(21)18(13-16)23-12-4-7-19(23)24/h2-3,5-6,8-9,13H,4,7,10-12H2,1H3,(H,22,25). The highest BCUT2D eigenvalue weighted by molar-refractivity contribution is 6.34. The number of benzene rings is 2. The van der Waals surface area contributed by atoms with Gasteiger partial charge in [-0.05, 0) is 49.1 Å². The molecule has 2 amide bonds. The van der Waals surface area contributed by atoms with Crippen LogP contribution in [0.5, 0.6) is 0 Å². The summed E-state index contributed by atoms with van der Waals surface area (Å²) in [7, 11) is 0. The van der Waals surface area contributed by atoms with Gasteiger partial charge < -0.3 is 10.2 Å². The number of carbonyl (C=O) groups excluding carboxylic acids is 2. The lowest BCUT2D eigenvalue weighted by molar-refractivity contribution is -0.117. The Morgan fingerprint density at radius 2 is 2.04 bits per heavy atom. The molecule has 25 heavy (non-hydrogen) atoms. The largest absolute Gasteiger partial charge is 0.352 e. The summed E-state index contributed by atoms with van der Waals surface area (Å²) in [5.74, 6) is -0.0999. The molecule has 0 unspecified atom stereocenters. The van der Waals surface area contributed by atoms with Crippen LogP contribution in [0.25, 0.3) is 0 Å². The van der Waals surface area contributed by atoms with Crippen LogP contribution in [0.4, 0.5) is 5.69 Å². The van der Waals surface area contributed by atoms with Gasteiger partial charge in [0.15, 0.2) is 0 Å². The number of halogens is 1. The van der Waals surface area contributed by atoms with Crippen molar-refractivity contribution < 1.29 is 9.59 Å². The number of hydrogen-bond acceptors (Lipinski definition) is 2. The average Bonchev–Trinajstić information content (AvgIpc) is 3.03. The minimum Gasteiger partial charge on any atom is -0.352 e. The van der Waals surface area contributed by atoms with Gasteiger partial charge in [-0.1, -0.05) is 35.9 Å². The number of nitrogens with one attached hydrogen (secondary N) is 1. The highest BCUT2D eigenvalue weighted by Crippen LogP contribution is 2.30. The van der Waals surface area contributed by atoms with Gasteiger partial charge in [-0.2, -0.15) is 0 Å². The molecular formula is C20H21ClN2O2. The highest BCUT2D eigenvalue weighted by Gasteiger charge is 2.24. The van der Waals surface area contributed by atoms with E-state index in [0.717, 1.165) is 12.8 Å². The fourth-order valence-electron chi connectivity index (χ4n) is 3.07. The Morgan fingerprint density at radius 3 is 2.76 bits per heavy atom. The van der Waals surface area contributed by atoms with E-state index < -0.39 is 0 Å². The van der Waals surface area contributed by atoms with E-state index >= 15 is 0 Å². The highest BCUT2D eigenvalue weighted by atomic mass is 35.5. The fourth-order valence-corrected chi connectivity index (χ4v) is 3.29. The van der Waals surface area contributed by atoms with E-state index in [9.17, 15) is 9.59 Å². The third-order valence-corrected chi connectivity index (χ3v) is 4.83. The van der Waals surface area contributed by atoms with Crippen LogP contribution in [0.1, 0.15) is 34.3 Å². The molecule has 1 heterocycles. The summed E-state index contributed by atoms with van der Waals surface area (Å²) >= 11 is 6.22. The average molecular weight is 357 g/mol. The summed E-state index contributed by atoms with van der Waals surface area (Å²) in [4.78, 5) is 26.0. The summed E-state index contributed by atoms with van der Waals surface area (Å²) in [6, 6.07) is 13.2. The predicted molar refractivity (Wildman–Crippen MR) is 100 cm³/mol. The summed E-state index contributed by atoms with van der Waals surface area (Å²) in [6.45, 7) is 3.27. The summed E-state index contributed by atoms with van der Waals surface area (Å²) in [5, 5.41) is 3.43. The van der Waals surface area contributed by atoms with Crippen LogP contribution in [-0.2, 0) is 11.2 Å². The Morgan fingerprint density at radius 1 is 1.24 bits per heavy atom. The molecule has 2 aromatic rings. The first-order valence-electron chi connectivity index (χ1n) is 8.49. The number of rotatable bonds is 5. The zero-order chi connectivity index (χ0) is 17.8. The van der Waals surface area contributed by atoms with E-state index in [-0.39, 0.29) is 11.8 Å². The third-order valence-electron chi connectivity index (χ3n) is 4.51. The van der Waals surface area contributed by atoms with Crippen molar-refractivity contribution in [2.24, 2.45) is 0 Å². The molecular weight excluding hydrogens is 336 g/mol. The molecule has 5 heteroatoms. The van der Waals surface area contributed by atoms with E-state index in [1.807, 2.05) is 12.1 Å². The van der Waals surface area contributed by atoms with Crippen molar-refractivity contribution in [2.45, 2.75) is 26.2 Å². The van der Waals surface area contributed by atoms with E-state index in [0.29, 0.717) is 35.8 Å². The first-order valence-corrected chi connectivity index (χ1v) is 8.86. The molecule has 1 saturated heterocycles. The second-order valence-electron chi connectivity index (χ2n) is 6.25. The number of amides is 2. The van der Waals surface area contributed by atoms with E-state index in [2.05, 4.69) is 24.4 Å². The van der Waals surface area contributed by atoms with E-state index in [1.165, 1.54) is 11.1 Å². The molecule has 3 rings (SSSR count). The van der Waals surface area contributed by atoms with Crippen molar-refractivity contribution in [1.29, 1.82) is 0 Å². The molecule has 4 nitrogen and oxygen atoms in total. The molecule has 0 aromatic heterocycles. The van der Waals surface area contributed by atoms with Gasteiger partial charge >= 0.3 is 0 Å². The Kier molecular flexibility index (Phi) is 5.39. The maximum atomic E-state index is 12.4. The second kappa shape index (κ2) is 7.70.